The Morgan fingerprint density at radius 3 is 2.67 bits per heavy atom. The maximum absolute atomic E-state index is 12.3. The lowest BCUT2D eigenvalue weighted by Crippen LogP contribution is -2.37. The number of aryl methyl sites for hydroxylation is 1. The summed E-state index contributed by atoms with van der Waals surface area (Å²) in [6.45, 7) is 4.16. The first-order valence-electron chi connectivity index (χ1n) is 7.10. The highest BCUT2D eigenvalue weighted by molar-refractivity contribution is 6.02. The summed E-state index contributed by atoms with van der Waals surface area (Å²) in [6.07, 6.45) is 2.01. The maximum Gasteiger partial charge on any atom is 0.252 e. The number of carbonyl (C=O) groups excluding carboxylic acids is 1. The van der Waals surface area contributed by atoms with Gasteiger partial charge in [-0.05, 0) is 31.0 Å². The fourth-order valence-electron chi connectivity index (χ4n) is 3.41. The third-order valence-corrected chi connectivity index (χ3v) is 4.54. The van der Waals surface area contributed by atoms with Gasteiger partial charge in [0.25, 0.3) is 5.91 Å². The topological polar surface area (TPSA) is 44.9 Å². The van der Waals surface area contributed by atoms with Crippen LogP contribution in [0.2, 0.25) is 0 Å². The molecule has 1 aliphatic rings. The molecule has 1 aromatic heterocycles. The summed E-state index contributed by atoms with van der Waals surface area (Å²) in [7, 11) is 0. The minimum atomic E-state index is -0.486. The lowest BCUT2D eigenvalue weighted by molar-refractivity contribution is 0.0945. The van der Waals surface area contributed by atoms with Crippen molar-refractivity contribution in [3.63, 3.8) is 0 Å². The van der Waals surface area contributed by atoms with Gasteiger partial charge in [-0.1, -0.05) is 36.4 Å². The summed E-state index contributed by atoms with van der Waals surface area (Å²) >= 11 is 0. The zero-order valence-corrected chi connectivity index (χ0v) is 12.0. The number of carbonyl (C=O) groups is 1. The molecular formula is C18H16N2O. The first-order valence-corrected chi connectivity index (χ1v) is 7.10. The number of hydrogen-bond donors (Lipinski definition) is 2. The predicted octanol–water partition coefficient (Wildman–Crippen LogP) is 3.48. The lowest BCUT2D eigenvalue weighted by Gasteiger charge is -2.25. The third kappa shape index (κ3) is 1.51. The second-order valence-electron chi connectivity index (χ2n) is 5.82. The number of aromatic nitrogens is 1. The van der Waals surface area contributed by atoms with Gasteiger partial charge in [-0.25, -0.2) is 0 Å². The molecule has 1 atom stereocenters. The number of para-hydroxylation sites is 1. The molecule has 0 aliphatic carbocycles. The number of fused-ring (bicyclic) bond motifs is 2. The predicted molar refractivity (Wildman–Crippen MR) is 83.4 cm³/mol. The van der Waals surface area contributed by atoms with Crippen LogP contribution in [0.15, 0.2) is 48.7 Å². The third-order valence-electron chi connectivity index (χ3n) is 4.54. The van der Waals surface area contributed by atoms with E-state index in [2.05, 4.69) is 42.3 Å². The van der Waals surface area contributed by atoms with Gasteiger partial charge in [0, 0.05) is 28.2 Å². The van der Waals surface area contributed by atoms with Crippen molar-refractivity contribution in [3.8, 4) is 0 Å². The number of rotatable bonds is 1. The zero-order chi connectivity index (χ0) is 14.6. The van der Waals surface area contributed by atoms with Crippen LogP contribution in [-0.4, -0.2) is 10.9 Å². The maximum atomic E-state index is 12.3. The summed E-state index contributed by atoms with van der Waals surface area (Å²) in [5.74, 6) is -0.00453. The van der Waals surface area contributed by atoms with Gasteiger partial charge in [0.1, 0.15) is 0 Å². The Bertz CT molecular complexity index is 878. The molecule has 2 N–H and O–H groups in total. The standard InChI is InChI=1S/C18H16N2O/c1-11-6-5-8-12-15(10-19-16(11)12)18(2)14-9-4-3-7-13(14)17(21)20-18/h3-10,19H,1-2H3,(H,20,21)/t18-/m1/s1. The van der Waals surface area contributed by atoms with Crippen molar-refractivity contribution in [3.05, 3.63) is 70.9 Å². The summed E-state index contributed by atoms with van der Waals surface area (Å²) in [5, 5.41) is 4.31. The second kappa shape index (κ2) is 3.98. The van der Waals surface area contributed by atoms with Gasteiger partial charge >= 0.3 is 0 Å². The van der Waals surface area contributed by atoms with Crippen molar-refractivity contribution < 1.29 is 4.79 Å². The molecule has 0 spiro atoms. The Labute approximate surface area is 123 Å². The Kier molecular flexibility index (Phi) is 2.31. The SMILES string of the molecule is Cc1cccc2c([C@]3(C)NC(=O)c4ccccc43)c[nH]c12. The van der Waals surface area contributed by atoms with Gasteiger partial charge in [0.05, 0.1) is 5.54 Å². The van der Waals surface area contributed by atoms with E-state index in [9.17, 15) is 4.79 Å². The van der Waals surface area contributed by atoms with Gasteiger partial charge < -0.3 is 10.3 Å². The molecule has 0 fully saturated rings. The van der Waals surface area contributed by atoms with E-state index < -0.39 is 5.54 Å². The van der Waals surface area contributed by atoms with Crippen LogP contribution >= 0.6 is 0 Å². The van der Waals surface area contributed by atoms with Crippen LogP contribution in [0.25, 0.3) is 10.9 Å². The van der Waals surface area contributed by atoms with Gasteiger partial charge in [-0.3, -0.25) is 4.79 Å². The molecule has 0 unspecified atom stereocenters. The van der Waals surface area contributed by atoms with Crippen molar-refractivity contribution in [2.24, 2.45) is 0 Å². The number of H-pyrrole nitrogens is 1. The highest BCUT2D eigenvalue weighted by Gasteiger charge is 2.41. The van der Waals surface area contributed by atoms with Crippen LogP contribution < -0.4 is 5.32 Å². The van der Waals surface area contributed by atoms with Crippen LogP contribution in [0.4, 0.5) is 0 Å². The Balaban J connectivity index is 2.01. The van der Waals surface area contributed by atoms with E-state index in [1.165, 1.54) is 5.56 Å². The van der Waals surface area contributed by atoms with Gasteiger partial charge in [-0.2, -0.15) is 0 Å². The van der Waals surface area contributed by atoms with Crippen LogP contribution in [0, 0.1) is 6.92 Å². The molecule has 0 bridgehead atoms. The van der Waals surface area contributed by atoms with E-state index in [-0.39, 0.29) is 5.91 Å². The second-order valence-corrected chi connectivity index (χ2v) is 5.82. The number of nitrogens with one attached hydrogen (secondary N) is 2. The monoisotopic (exact) mass is 276 g/mol. The fourth-order valence-corrected chi connectivity index (χ4v) is 3.41. The Morgan fingerprint density at radius 1 is 1.00 bits per heavy atom. The molecule has 0 radical (unpaired) electrons. The first kappa shape index (κ1) is 12.2. The summed E-state index contributed by atoms with van der Waals surface area (Å²) in [4.78, 5) is 15.6. The number of benzene rings is 2. The molecule has 104 valence electrons. The number of amides is 1. The van der Waals surface area contributed by atoms with E-state index in [0.717, 1.165) is 27.6 Å². The van der Waals surface area contributed by atoms with Crippen LogP contribution in [-0.2, 0) is 5.54 Å². The average molecular weight is 276 g/mol. The zero-order valence-electron chi connectivity index (χ0n) is 12.0. The van der Waals surface area contributed by atoms with E-state index >= 15 is 0 Å². The van der Waals surface area contributed by atoms with Crippen molar-refractivity contribution in [1.29, 1.82) is 0 Å². The van der Waals surface area contributed by atoms with Crippen molar-refractivity contribution >= 4 is 16.8 Å². The Morgan fingerprint density at radius 2 is 1.81 bits per heavy atom. The van der Waals surface area contributed by atoms with Crippen LogP contribution in [0.3, 0.4) is 0 Å². The van der Waals surface area contributed by atoms with E-state index in [0.29, 0.717) is 0 Å². The van der Waals surface area contributed by atoms with Crippen LogP contribution in [0.1, 0.15) is 34.0 Å². The summed E-state index contributed by atoms with van der Waals surface area (Å²) < 4.78 is 0. The molecular weight excluding hydrogens is 260 g/mol. The first-order chi connectivity index (χ1) is 10.1. The molecule has 3 aromatic rings. The number of hydrogen-bond acceptors (Lipinski definition) is 1. The smallest absolute Gasteiger partial charge is 0.252 e. The molecule has 2 aromatic carbocycles. The summed E-state index contributed by atoms with van der Waals surface area (Å²) in [5.41, 5.74) is 4.77. The number of aromatic amines is 1. The average Bonchev–Trinajstić information content (AvgIpc) is 3.02. The molecule has 0 saturated heterocycles. The van der Waals surface area contributed by atoms with Gasteiger partial charge in [0.15, 0.2) is 0 Å². The van der Waals surface area contributed by atoms with E-state index in [1.807, 2.05) is 30.5 Å². The minimum absolute atomic E-state index is 0.00453. The largest absolute Gasteiger partial charge is 0.361 e. The molecule has 1 aliphatic heterocycles. The van der Waals surface area contributed by atoms with E-state index in [4.69, 9.17) is 0 Å². The molecule has 0 saturated carbocycles. The van der Waals surface area contributed by atoms with Crippen LogP contribution in [0.5, 0.6) is 0 Å². The fraction of sp³-hybridized carbons (Fsp3) is 0.167. The summed E-state index contributed by atoms with van der Waals surface area (Å²) in [6, 6.07) is 14.1. The molecule has 4 rings (SSSR count). The van der Waals surface area contributed by atoms with Crippen molar-refractivity contribution in [1.82, 2.24) is 10.3 Å². The quantitative estimate of drug-likeness (QED) is 0.702. The normalized spacial score (nSPS) is 20.6. The molecule has 1 amide bonds. The molecule has 21 heavy (non-hydrogen) atoms. The highest BCUT2D eigenvalue weighted by Crippen LogP contribution is 2.40. The molecule has 2 heterocycles. The van der Waals surface area contributed by atoms with Gasteiger partial charge in [-0.15, -0.1) is 0 Å². The van der Waals surface area contributed by atoms with Gasteiger partial charge in [0.2, 0.25) is 0 Å². The molecule has 3 heteroatoms. The van der Waals surface area contributed by atoms with Crippen molar-refractivity contribution in [2.75, 3.05) is 0 Å². The van der Waals surface area contributed by atoms with E-state index in [1.54, 1.807) is 0 Å². The minimum Gasteiger partial charge on any atom is -0.361 e. The van der Waals surface area contributed by atoms with Crippen molar-refractivity contribution in [2.45, 2.75) is 19.4 Å². The Hall–Kier alpha value is -2.55. The molecule has 3 nitrogen and oxygen atoms in total. The highest BCUT2D eigenvalue weighted by atomic mass is 16.2. The lowest BCUT2D eigenvalue weighted by atomic mass is 9.85.